The lowest BCUT2D eigenvalue weighted by molar-refractivity contribution is -0.137. The highest BCUT2D eigenvalue weighted by molar-refractivity contribution is 7.88. The molecule has 2 atom stereocenters. The van der Waals surface area contributed by atoms with Crippen molar-refractivity contribution in [1.82, 2.24) is 4.31 Å². The van der Waals surface area contributed by atoms with E-state index in [1.165, 1.54) is 26.2 Å². The highest BCUT2D eigenvalue weighted by Crippen LogP contribution is 2.37. The Balaban J connectivity index is 2.09. The van der Waals surface area contributed by atoms with E-state index in [1.54, 1.807) is 38.1 Å². The van der Waals surface area contributed by atoms with Crippen LogP contribution >= 0.6 is 0 Å². The van der Waals surface area contributed by atoms with Crippen molar-refractivity contribution in [2.45, 2.75) is 38.9 Å². The number of rotatable bonds is 7. The highest BCUT2D eigenvalue weighted by Gasteiger charge is 2.42. The lowest BCUT2D eigenvalue weighted by Crippen LogP contribution is -2.44. The zero-order valence-electron chi connectivity index (χ0n) is 20.9. The second kappa shape index (κ2) is 10.5. The van der Waals surface area contributed by atoms with Crippen LogP contribution in [0.5, 0.6) is 5.75 Å². The quantitative estimate of drug-likeness (QED) is 0.469. The number of ether oxygens (including phenoxy) is 1. The Hall–Kier alpha value is -3.47. The number of sulfonamides is 1. The number of methoxy groups -OCH3 is 1. The zero-order valence-corrected chi connectivity index (χ0v) is 21.7. The number of hydrogen-bond acceptors (Lipinski definition) is 6. The fourth-order valence-electron chi connectivity index (χ4n) is 4.32. The van der Waals surface area contributed by atoms with Crippen molar-refractivity contribution in [2.75, 3.05) is 13.4 Å². The van der Waals surface area contributed by atoms with Crippen molar-refractivity contribution in [3.8, 4) is 5.75 Å². The molecule has 1 aliphatic heterocycles. The molecule has 0 aromatic heterocycles. The smallest absolute Gasteiger partial charge is 0.416 e. The van der Waals surface area contributed by atoms with Gasteiger partial charge < -0.3 is 4.74 Å². The SMILES string of the molecule is COc1cccc(C(C(C)C)N(C(=O)C2=CN=C(C)C(c3cccc(C(F)(F)F)c3)C2=O)S(C)(=O)=O)c1. The molecule has 0 fully saturated rings. The second-order valence-corrected chi connectivity index (χ2v) is 10.9. The van der Waals surface area contributed by atoms with E-state index in [0.29, 0.717) is 15.6 Å². The summed E-state index contributed by atoms with van der Waals surface area (Å²) >= 11 is 0. The van der Waals surface area contributed by atoms with Crippen molar-refractivity contribution in [1.29, 1.82) is 0 Å². The van der Waals surface area contributed by atoms with Gasteiger partial charge in [-0.25, -0.2) is 12.7 Å². The molecule has 0 saturated carbocycles. The van der Waals surface area contributed by atoms with Crippen LogP contribution in [0, 0.1) is 5.92 Å². The first-order valence-electron chi connectivity index (χ1n) is 11.3. The molecule has 0 radical (unpaired) electrons. The summed E-state index contributed by atoms with van der Waals surface area (Å²) in [6.07, 6.45) is -2.81. The molecule has 0 bridgehead atoms. The number of halogens is 3. The lowest BCUT2D eigenvalue weighted by Gasteiger charge is -2.34. The average molecular weight is 537 g/mol. The molecule has 2 aromatic rings. The number of amides is 1. The van der Waals surface area contributed by atoms with Gasteiger partial charge in [-0.3, -0.25) is 14.6 Å². The monoisotopic (exact) mass is 536 g/mol. The number of carbonyl (C=O) groups is 2. The standard InChI is InChI=1S/C26H27F3N2O5S/c1-15(2)23(18-9-7-11-20(13-18)36-4)31(37(5,34)35)25(33)21-14-30-16(3)22(24(21)32)17-8-6-10-19(12-17)26(27,28)29/h6-15,22-23H,1-5H3. The Bertz CT molecular complexity index is 1380. The largest absolute Gasteiger partial charge is 0.497 e. The fourth-order valence-corrected chi connectivity index (χ4v) is 5.49. The molecule has 2 unspecified atom stereocenters. The summed E-state index contributed by atoms with van der Waals surface area (Å²) < 4.78 is 71.6. The summed E-state index contributed by atoms with van der Waals surface area (Å²) in [6, 6.07) is 9.77. The predicted molar refractivity (Wildman–Crippen MR) is 133 cm³/mol. The van der Waals surface area contributed by atoms with Crippen molar-refractivity contribution in [2.24, 2.45) is 10.9 Å². The van der Waals surface area contributed by atoms with Gasteiger partial charge in [0.15, 0.2) is 5.78 Å². The first-order valence-corrected chi connectivity index (χ1v) is 13.1. The third-order valence-electron chi connectivity index (χ3n) is 6.00. The maximum atomic E-state index is 13.7. The van der Waals surface area contributed by atoms with Crippen molar-refractivity contribution in [3.63, 3.8) is 0 Å². The molecular weight excluding hydrogens is 509 g/mol. The molecule has 0 N–H and O–H groups in total. The van der Waals surface area contributed by atoms with E-state index in [4.69, 9.17) is 4.74 Å². The van der Waals surface area contributed by atoms with Gasteiger partial charge in [-0.1, -0.05) is 44.2 Å². The van der Waals surface area contributed by atoms with E-state index in [1.807, 2.05) is 0 Å². The van der Waals surface area contributed by atoms with Crippen LogP contribution in [-0.4, -0.2) is 43.5 Å². The Morgan fingerprint density at radius 1 is 1.11 bits per heavy atom. The minimum atomic E-state index is -4.64. The molecule has 198 valence electrons. The number of alkyl halides is 3. The maximum Gasteiger partial charge on any atom is 0.416 e. The third kappa shape index (κ3) is 5.93. The van der Waals surface area contributed by atoms with Gasteiger partial charge in [-0.05, 0) is 42.2 Å². The van der Waals surface area contributed by atoms with Crippen molar-refractivity contribution < 1.29 is 35.9 Å². The van der Waals surface area contributed by atoms with Gasteiger partial charge >= 0.3 is 6.18 Å². The minimum Gasteiger partial charge on any atom is -0.497 e. The number of Topliss-reactive ketones (excluding diaryl/α,β-unsaturated/α-hetero) is 1. The summed E-state index contributed by atoms with van der Waals surface area (Å²) in [5.74, 6) is -3.18. The summed E-state index contributed by atoms with van der Waals surface area (Å²) in [6.45, 7) is 4.91. The Kier molecular flexibility index (Phi) is 7.97. The number of nitrogens with zero attached hydrogens (tertiary/aromatic N) is 2. The van der Waals surface area contributed by atoms with Crippen LogP contribution in [-0.2, 0) is 25.8 Å². The molecular formula is C26H27F3N2O5S. The molecule has 0 saturated heterocycles. The van der Waals surface area contributed by atoms with E-state index >= 15 is 0 Å². The number of aliphatic imine (C=N–C) groups is 1. The summed E-state index contributed by atoms with van der Waals surface area (Å²) in [5.41, 5.74) is -0.847. The summed E-state index contributed by atoms with van der Waals surface area (Å²) in [4.78, 5) is 31.3. The van der Waals surface area contributed by atoms with Crippen LogP contribution in [0.2, 0.25) is 0 Å². The van der Waals surface area contributed by atoms with Crippen molar-refractivity contribution >= 4 is 27.4 Å². The van der Waals surface area contributed by atoms with Crippen LogP contribution < -0.4 is 4.74 Å². The van der Waals surface area contributed by atoms with E-state index in [0.717, 1.165) is 24.6 Å². The number of hydrogen-bond donors (Lipinski definition) is 0. The van der Waals surface area contributed by atoms with Gasteiger partial charge in [0.25, 0.3) is 5.91 Å². The molecule has 2 aromatic carbocycles. The normalized spacial score (nSPS) is 17.2. The molecule has 37 heavy (non-hydrogen) atoms. The molecule has 0 spiro atoms. The zero-order chi connectivity index (χ0) is 27.7. The molecule has 1 heterocycles. The Labute approximate surface area is 213 Å². The predicted octanol–water partition coefficient (Wildman–Crippen LogP) is 4.91. The van der Waals surface area contributed by atoms with E-state index < -0.39 is 56.9 Å². The number of carbonyl (C=O) groups excluding carboxylic acids is 2. The number of ketones is 1. The minimum absolute atomic E-state index is 0.00131. The molecule has 1 amide bonds. The Morgan fingerprint density at radius 2 is 1.76 bits per heavy atom. The maximum absolute atomic E-state index is 13.7. The topological polar surface area (TPSA) is 93.1 Å². The van der Waals surface area contributed by atoms with Crippen LogP contribution in [0.4, 0.5) is 13.2 Å². The second-order valence-electron chi connectivity index (χ2n) is 9.06. The van der Waals surface area contributed by atoms with Crippen LogP contribution in [0.3, 0.4) is 0 Å². The lowest BCUT2D eigenvalue weighted by atomic mass is 9.84. The van der Waals surface area contributed by atoms with Gasteiger partial charge in [0.1, 0.15) is 11.3 Å². The molecule has 3 rings (SSSR count). The molecule has 1 aliphatic rings. The molecule has 7 nitrogen and oxygen atoms in total. The summed E-state index contributed by atoms with van der Waals surface area (Å²) in [5, 5.41) is 0. The van der Waals surface area contributed by atoms with Gasteiger partial charge in [-0.2, -0.15) is 13.2 Å². The molecule has 0 aliphatic carbocycles. The fraction of sp³-hybridized carbons (Fsp3) is 0.346. The first kappa shape index (κ1) is 28.1. The van der Waals surface area contributed by atoms with E-state index in [-0.39, 0.29) is 11.3 Å². The van der Waals surface area contributed by atoms with Crippen LogP contribution in [0.25, 0.3) is 0 Å². The first-order chi connectivity index (χ1) is 17.2. The van der Waals surface area contributed by atoms with E-state index in [9.17, 15) is 31.2 Å². The Morgan fingerprint density at radius 3 is 2.32 bits per heavy atom. The highest BCUT2D eigenvalue weighted by atomic mass is 32.2. The van der Waals surface area contributed by atoms with Crippen LogP contribution in [0.15, 0.2) is 65.3 Å². The van der Waals surface area contributed by atoms with Gasteiger partial charge in [-0.15, -0.1) is 0 Å². The summed E-state index contributed by atoms with van der Waals surface area (Å²) in [7, 11) is -2.77. The molecule has 11 heteroatoms. The van der Waals surface area contributed by atoms with Gasteiger partial charge in [0.2, 0.25) is 10.0 Å². The average Bonchev–Trinajstić information content (AvgIpc) is 2.81. The van der Waals surface area contributed by atoms with E-state index in [2.05, 4.69) is 4.99 Å². The van der Waals surface area contributed by atoms with Crippen LogP contribution in [0.1, 0.15) is 49.4 Å². The van der Waals surface area contributed by atoms with Gasteiger partial charge in [0, 0.05) is 11.9 Å². The van der Waals surface area contributed by atoms with Crippen molar-refractivity contribution in [3.05, 3.63) is 77.0 Å². The third-order valence-corrected chi connectivity index (χ3v) is 7.10. The van der Waals surface area contributed by atoms with Gasteiger partial charge in [0.05, 0.1) is 30.9 Å². The number of benzene rings is 2.